The van der Waals surface area contributed by atoms with Crippen LogP contribution in [-0.4, -0.2) is 140 Å². The Morgan fingerprint density at radius 3 is 1.31 bits per heavy atom. The molecule has 0 aromatic heterocycles. The van der Waals surface area contributed by atoms with Crippen molar-refractivity contribution < 1.29 is 64.6 Å². The molecular formula is C56H107NO13. The van der Waals surface area contributed by atoms with Gasteiger partial charge in [0.25, 0.3) is 0 Å². The van der Waals surface area contributed by atoms with Crippen LogP contribution in [0.1, 0.15) is 245 Å². The summed E-state index contributed by atoms with van der Waals surface area (Å²) in [4.78, 5) is 13.2. The van der Waals surface area contributed by atoms with Crippen LogP contribution in [0.25, 0.3) is 0 Å². The molecule has 0 aliphatic carbocycles. The minimum Gasteiger partial charge on any atom is -0.394 e. The average molecular weight is 1000 g/mol. The van der Waals surface area contributed by atoms with Gasteiger partial charge in [-0.05, 0) is 19.3 Å². The standard InChI is InChI=1S/C56H107NO13/c1-3-5-7-9-11-13-14-15-16-17-18-19-20-21-22-23-24-25-26-27-28-29-30-31-32-34-36-38-40-48(61)57-44(45(60)39-37-35-33-12-10-8-6-4-2)43-67-55-53(66)51(64)54(47(42-59)69-55)70-56-52(65)50(63)49(62)46(41-58)68-56/h37,39,44-47,49-56,58-60,62-66H,3-36,38,40-43H2,1-2H3,(H,57,61)/b39-37+. The first-order valence-electron chi connectivity index (χ1n) is 28.9. The highest BCUT2D eigenvalue weighted by molar-refractivity contribution is 5.76. The summed E-state index contributed by atoms with van der Waals surface area (Å²) >= 11 is 0. The van der Waals surface area contributed by atoms with Gasteiger partial charge in [-0.2, -0.15) is 0 Å². The highest BCUT2D eigenvalue weighted by atomic mass is 16.7. The quantitative estimate of drug-likeness (QED) is 0.0205. The van der Waals surface area contributed by atoms with Crippen LogP contribution in [0.15, 0.2) is 12.2 Å². The highest BCUT2D eigenvalue weighted by Crippen LogP contribution is 2.30. The first-order valence-corrected chi connectivity index (χ1v) is 28.9. The zero-order valence-electron chi connectivity index (χ0n) is 44.3. The van der Waals surface area contributed by atoms with Crippen molar-refractivity contribution in [3.05, 3.63) is 12.2 Å². The van der Waals surface area contributed by atoms with Crippen LogP contribution in [0, 0.1) is 0 Å². The van der Waals surface area contributed by atoms with Gasteiger partial charge in [0.1, 0.15) is 48.8 Å². The molecule has 0 saturated carbocycles. The summed E-state index contributed by atoms with van der Waals surface area (Å²) in [6.45, 7) is 2.76. The number of hydrogen-bond donors (Lipinski definition) is 9. The number of nitrogens with one attached hydrogen (secondary N) is 1. The van der Waals surface area contributed by atoms with Crippen LogP contribution in [0.3, 0.4) is 0 Å². The Hall–Kier alpha value is -1.27. The molecule has 2 fully saturated rings. The number of carbonyl (C=O) groups is 1. The van der Waals surface area contributed by atoms with Crippen molar-refractivity contribution in [2.24, 2.45) is 0 Å². The first-order chi connectivity index (χ1) is 34.1. The van der Waals surface area contributed by atoms with Crippen molar-refractivity contribution in [1.29, 1.82) is 0 Å². The predicted molar refractivity (Wildman–Crippen MR) is 277 cm³/mol. The molecular weight excluding hydrogens is 895 g/mol. The second-order valence-electron chi connectivity index (χ2n) is 20.8. The van der Waals surface area contributed by atoms with Crippen LogP contribution in [-0.2, 0) is 23.7 Å². The summed E-state index contributed by atoms with van der Waals surface area (Å²) < 4.78 is 22.7. The predicted octanol–water partition coefficient (Wildman–Crippen LogP) is 9.11. The maximum atomic E-state index is 13.2. The van der Waals surface area contributed by atoms with Crippen LogP contribution in [0.2, 0.25) is 0 Å². The number of aliphatic hydroxyl groups is 8. The van der Waals surface area contributed by atoms with Gasteiger partial charge in [0.05, 0.1) is 32.0 Å². The van der Waals surface area contributed by atoms with E-state index in [1.54, 1.807) is 6.08 Å². The van der Waals surface area contributed by atoms with Crippen molar-refractivity contribution in [2.45, 2.75) is 319 Å². The zero-order valence-corrected chi connectivity index (χ0v) is 44.3. The molecule has 414 valence electrons. The van der Waals surface area contributed by atoms with Gasteiger partial charge in [0.2, 0.25) is 5.91 Å². The van der Waals surface area contributed by atoms with Crippen molar-refractivity contribution in [1.82, 2.24) is 5.32 Å². The van der Waals surface area contributed by atoms with E-state index in [2.05, 4.69) is 19.2 Å². The van der Waals surface area contributed by atoms with E-state index in [1.807, 2.05) is 6.08 Å². The Kier molecular flexibility index (Phi) is 39.9. The normalized spacial score (nSPS) is 26.0. The van der Waals surface area contributed by atoms with Crippen LogP contribution < -0.4 is 5.32 Å². The van der Waals surface area contributed by atoms with Gasteiger partial charge in [-0.1, -0.05) is 231 Å². The van der Waals surface area contributed by atoms with Gasteiger partial charge in [-0.3, -0.25) is 4.79 Å². The van der Waals surface area contributed by atoms with Gasteiger partial charge in [-0.15, -0.1) is 0 Å². The van der Waals surface area contributed by atoms with Crippen LogP contribution in [0.5, 0.6) is 0 Å². The monoisotopic (exact) mass is 1000 g/mol. The first kappa shape index (κ1) is 64.8. The van der Waals surface area contributed by atoms with E-state index in [-0.39, 0.29) is 18.9 Å². The number of aliphatic hydroxyl groups excluding tert-OH is 8. The molecule has 14 nitrogen and oxygen atoms in total. The Morgan fingerprint density at radius 1 is 0.500 bits per heavy atom. The third-order valence-electron chi connectivity index (χ3n) is 14.5. The van der Waals surface area contributed by atoms with Crippen LogP contribution >= 0.6 is 0 Å². The third kappa shape index (κ3) is 29.0. The molecule has 14 heteroatoms. The van der Waals surface area contributed by atoms with Gasteiger partial charge in [-0.25, -0.2) is 0 Å². The second kappa shape index (κ2) is 43.0. The third-order valence-corrected chi connectivity index (χ3v) is 14.5. The molecule has 2 aliphatic heterocycles. The molecule has 0 bridgehead atoms. The Balaban J connectivity index is 1.63. The summed E-state index contributed by atoms with van der Waals surface area (Å²) in [7, 11) is 0. The number of rotatable bonds is 46. The minimum absolute atomic E-state index is 0.238. The number of unbranched alkanes of at least 4 members (excludes halogenated alkanes) is 33. The molecule has 0 spiro atoms. The smallest absolute Gasteiger partial charge is 0.220 e. The molecule has 0 aromatic rings. The Labute approximate surface area is 425 Å². The lowest BCUT2D eigenvalue weighted by atomic mass is 9.97. The van der Waals surface area contributed by atoms with E-state index in [4.69, 9.17) is 18.9 Å². The van der Waals surface area contributed by atoms with Gasteiger partial charge < -0.3 is 65.1 Å². The summed E-state index contributed by atoms with van der Waals surface area (Å²) in [6.07, 6.45) is 31.6. The molecule has 12 unspecified atom stereocenters. The number of carbonyl (C=O) groups excluding carboxylic acids is 1. The maximum absolute atomic E-state index is 13.2. The van der Waals surface area contributed by atoms with E-state index in [1.165, 1.54) is 173 Å². The lowest BCUT2D eigenvalue weighted by molar-refractivity contribution is -0.359. The largest absolute Gasteiger partial charge is 0.394 e. The topological polar surface area (TPSA) is 228 Å². The van der Waals surface area contributed by atoms with Gasteiger partial charge >= 0.3 is 0 Å². The summed E-state index contributed by atoms with van der Waals surface area (Å²) in [5.41, 5.74) is 0. The molecule has 2 rings (SSSR count). The fourth-order valence-corrected chi connectivity index (χ4v) is 9.76. The highest BCUT2D eigenvalue weighted by Gasteiger charge is 2.51. The van der Waals surface area contributed by atoms with Crippen LogP contribution in [0.4, 0.5) is 0 Å². The van der Waals surface area contributed by atoms with Crippen molar-refractivity contribution >= 4 is 5.91 Å². The summed E-state index contributed by atoms with van der Waals surface area (Å²) in [6, 6.07) is -0.907. The zero-order chi connectivity index (χ0) is 51.0. The van der Waals surface area contributed by atoms with E-state index >= 15 is 0 Å². The molecule has 2 aliphatic rings. The second-order valence-corrected chi connectivity index (χ2v) is 20.8. The molecule has 1 amide bonds. The Morgan fingerprint density at radius 2 is 0.886 bits per heavy atom. The van der Waals surface area contributed by atoms with Crippen molar-refractivity contribution in [3.63, 3.8) is 0 Å². The SMILES string of the molecule is CCCCCCCC/C=C/C(O)C(COC1OC(CO)C(OC2OC(CO)C(O)C(O)C2O)C(O)C1O)NC(=O)CCCCCCCCCCCCCCCCCCCCCCCCCCCCCC. The van der Waals surface area contributed by atoms with Crippen molar-refractivity contribution in [2.75, 3.05) is 19.8 Å². The number of allylic oxidation sites excluding steroid dienone is 1. The molecule has 0 radical (unpaired) electrons. The number of hydrogen-bond acceptors (Lipinski definition) is 13. The van der Waals surface area contributed by atoms with E-state index in [0.717, 1.165) is 44.9 Å². The lowest BCUT2D eigenvalue weighted by Gasteiger charge is -2.46. The minimum atomic E-state index is -1.78. The fourth-order valence-electron chi connectivity index (χ4n) is 9.76. The average Bonchev–Trinajstić information content (AvgIpc) is 3.36. The summed E-state index contributed by atoms with van der Waals surface area (Å²) in [5, 5.41) is 86.6. The molecule has 2 heterocycles. The van der Waals surface area contributed by atoms with E-state index < -0.39 is 86.8 Å². The summed E-state index contributed by atoms with van der Waals surface area (Å²) in [5.74, 6) is -0.238. The van der Waals surface area contributed by atoms with Gasteiger partial charge in [0.15, 0.2) is 12.6 Å². The maximum Gasteiger partial charge on any atom is 0.220 e. The molecule has 12 atom stereocenters. The Bertz CT molecular complexity index is 1230. The van der Waals surface area contributed by atoms with E-state index in [9.17, 15) is 45.6 Å². The lowest BCUT2D eigenvalue weighted by Crippen LogP contribution is -2.65. The van der Waals surface area contributed by atoms with E-state index in [0.29, 0.717) is 6.42 Å². The molecule has 0 aromatic carbocycles. The molecule has 70 heavy (non-hydrogen) atoms. The molecule has 2 saturated heterocycles. The number of ether oxygens (including phenoxy) is 4. The van der Waals surface area contributed by atoms with Crippen molar-refractivity contribution in [3.8, 4) is 0 Å². The van der Waals surface area contributed by atoms with Gasteiger partial charge in [0, 0.05) is 6.42 Å². The number of amides is 1. The fraction of sp³-hybridized carbons (Fsp3) is 0.946. The molecule has 9 N–H and O–H groups in total.